The van der Waals surface area contributed by atoms with Crippen LogP contribution in [-0.2, 0) is 9.59 Å². The highest BCUT2D eigenvalue weighted by Crippen LogP contribution is 2.50. The summed E-state index contributed by atoms with van der Waals surface area (Å²) < 4.78 is 5.82. The first-order valence-electron chi connectivity index (χ1n) is 13.0. The van der Waals surface area contributed by atoms with Crippen molar-refractivity contribution in [3.8, 4) is 11.5 Å². The number of anilines is 2. The molecule has 3 aliphatic rings. The summed E-state index contributed by atoms with van der Waals surface area (Å²) in [7, 11) is 0. The van der Waals surface area contributed by atoms with Crippen molar-refractivity contribution >= 4 is 41.1 Å². The Kier molecular flexibility index (Phi) is 6.84. The third kappa shape index (κ3) is 4.86. The normalized spacial score (nSPS) is 22.7. The van der Waals surface area contributed by atoms with Crippen LogP contribution in [0.15, 0.2) is 66.6 Å². The Hall–Kier alpha value is -4.45. The number of nitrogens with one attached hydrogen (secondary N) is 3. The van der Waals surface area contributed by atoms with Crippen molar-refractivity contribution in [3.05, 3.63) is 72.8 Å². The standard InChI is InChI=1S/C28H27N7O4S/c1-3-22(36)32-18-5-4-6-19(18)33-26(37)25-24-23-20(11-12-29-27(23)40-25)35(28(38)34-24)21-10-9-17(14-31-21)39-16-8-7-15(2)30-13-16/h3,7-14,18-19,24-25H,1,4-6H2,2H3,(H,32,36)(H,33,37)(H,34,38)/t18-,19+,24?,25?/m0/s1. The molecule has 1 saturated carbocycles. The van der Waals surface area contributed by atoms with Gasteiger partial charge in [-0.3, -0.25) is 14.6 Å². The van der Waals surface area contributed by atoms with Gasteiger partial charge in [-0.15, -0.1) is 0 Å². The highest BCUT2D eigenvalue weighted by molar-refractivity contribution is 8.01. The third-order valence-electron chi connectivity index (χ3n) is 7.19. The highest BCUT2D eigenvalue weighted by Gasteiger charge is 2.47. The minimum Gasteiger partial charge on any atom is -0.454 e. The molecule has 12 heteroatoms. The fraction of sp³-hybridized carbons (Fsp3) is 0.286. The maximum absolute atomic E-state index is 13.5. The molecule has 2 aliphatic heterocycles. The molecule has 11 nitrogen and oxygen atoms in total. The van der Waals surface area contributed by atoms with E-state index in [2.05, 4.69) is 37.5 Å². The Morgan fingerprint density at radius 3 is 2.52 bits per heavy atom. The molecule has 0 radical (unpaired) electrons. The second kappa shape index (κ2) is 10.6. The van der Waals surface area contributed by atoms with E-state index in [0.29, 0.717) is 28.0 Å². The van der Waals surface area contributed by atoms with E-state index < -0.39 is 17.3 Å². The molecule has 40 heavy (non-hydrogen) atoms. The quantitative estimate of drug-likeness (QED) is 0.374. The van der Waals surface area contributed by atoms with Gasteiger partial charge < -0.3 is 20.7 Å². The van der Waals surface area contributed by atoms with Crippen molar-refractivity contribution in [1.82, 2.24) is 30.9 Å². The second-order valence-corrected chi connectivity index (χ2v) is 10.9. The van der Waals surface area contributed by atoms with E-state index in [1.807, 2.05) is 19.1 Å². The zero-order chi connectivity index (χ0) is 27.8. The average Bonchev–Trinajstić information content (AvgIpc) is 3.55. The lowest BCUT2D eigenvalue weighted by molar-refractivity contribution is -0.122. The van der Waals surface area contributed by atoms with Crippen LogP contribution >= 0.6 is 11.8 Å². The lowest BCUT2D eigenvalue weighted by Crippen LogP contribution is -2.53. The van der Waals surface area contributed by atoms with Crippen LogP contribution in [0.2, 0.25) is 0 Å². The number of pyridine rings is 3. The number of rotatable bonds is 7. The van der Waals surface area contributed by atoms with Gasteiger partial charge in [0, 0.05) is 29.5 Å². The van der Waals surface area contributed by atoms with Crippen molar-refractivity contribution < 1.29 is 19.1 Å². The van der Waals surface area contributed by atoms with Gasteiger partial charge in [0.2, 0.25) is 11.8 Å². The molecule has 204 valence electrons. The predicted octanol–water partition coefficient (Wildman–Crippen LogP) is 3.69. The lowest BCUT2D eigenvalue weighted by Gasteiger charge is -2.33. The highest BCUT2D eigenvalue weighted by atomic mass is 32.2. The molecule has 4 amide bonds. The van der Waals surface area contributed by atoms with Crippen molar-refractivity contribution in [3.63, 3.8) is 0 Å². The van der Waals surface area contributed by atoms with Crippen LogP contribution in [-0.4, -0.2) is 50.1 Å². The third-order valence-corrected chi connectivity index (χ3v) is 8.48. The Labute approximate surface area is 234 Å². The topological polar surface area (TPSA) is 138 Å². The maximum atomic E-state index is 13.5. The van der Waals surface area contributed by atoms with E-state index in [4.69, 9.17) is 4.74 Å². The number of amides is 4. The van der Waals surface area contributed by atoms with Gasteiger partial charge in [-0.25, -0.2) is 19.7 Å². The first kappa shape index (κ1) is 25.8. The smallest absolute Gasteiger partial charge is 0.328 e. The second-order valence-electron chi connectivity index (χ2n) is 9.80. The van der Waals surface area contributed by atoms with Crippen molar-refractivity contribution in [2.75, 3.05) is 4.90 Å². The fourth-order valence-electron chi connectivity index (χ4n) is 5.28. The molecular formula is C28H27N7O4S. The monoisotopic (exact) mass is 557 g/mol. The molecule has 1 fully saturated rings. The molecule has 0 bridgehead atoms. The molecular weight excluding hydrogens is 530 g/mol. The van der Waals surface area contributed by atoms with Crippen molar-refractivity contribution in [1.29, 1.82) is 0 Å². The van der Waals surface area contributed by atoms with Crippen molar-refractivity contribution in [2.24, 2.45) is 0 Å². The Morgan fingerprint density at radius 1 is 1.07 bits per heavy atom. The van der Waals surface area contributed by atoms with Crippen LogP contribution in [0.4, 0.5) is 16.3 Å². The Balaban J connectivity index is 1.20. The molecule has 2 unspecified atom stereocenters. The van der Waals surface area contributed by atoms with Crippen LogP contribution in [0, 0.1) is 6.92 Å². The van der Waals surface area contributed by atoms with Crippen LogP contribution in [0.1, 0.15) is 36.6 Å². The van der Waals surface area contributed by atoms with Crippen LogP contribution in [0.3, 0.4) is 0 Å². The zero-order valence-electron chi connectivity index (χ0n) is 21.7. The molecule has 3 aromatic rings. The number of urea groups is 1. The molecule has 0 saturated heterocycles. The van der Waals surface area contributed by atoms with Gasteiger partial charge in [-0.2, -0.15) is 0 Å². The van der Waals surface area contributed by atoms with E-state index in [-0.39, 0.29) is 23.9 Å². The molecule has 6 rings (SSSR count). The van der Waals surface area contributed by atoms with Gasteiger partial charge in [0.25, 0.3) is 0 Å². The summed E-state index contributed by atoms with van der Waals surface area (Å²) in [4.78, 5) is 53.3. The zero-order valence-corrected chi connectivity index (χ0v) is 22.5. The first-order valence-corrected chi connectivity index (χ1v) is 13.9. The van der Waals surface area contributed by atoms with E-state index in [1.165, 1.54) is 22.7 Å². The van der Waals surface area contributed by atoms with Gasteiger partial charge in [0.05, 0.1) is 24.1 Å². The van der Waals surface area contributed by atoms with Crippen LogP contribution < -0.4 is 25.6 Å². The predicted molar refractivity (Wildman–Crippen MR) is 148 cm³/mol. The largest absolute Gasteiger partial charge is 0.454 e. The van der Waals surface area contributed by atoms with Gasteiger partial charge in [0.1, 0.15) is 27.6 Å². The average molecular weight is 558 g/mol. The number of hydrogen-bond acceptors (Lipinski definition) is 8. The summed E-state index contributed by atoms with van der Waals surface area (Å²) in [5, 5.41) is 9.08. The number of thioether (sulfide) groups is 1. The molecule has 3 aromatic heterocycles. The number of ether oxygens (including phenoxy) is 1. The van der Waals surface area contributed by atoms with Crippen LogP contribution in [0.5, 0.6) is 11.5 Å². The number of nitrogens with zero attached hydrogens (tertiary/aromatic N) is 4. The Bertz CT molecular complexity index is 1480. The minimum atomic E-state index is -0.599. The van der Waals surface area contributed by atoms with Gasteiger partial charge >= 0.3 is 6.03 Å². The fourth-order valence-corrected chi connectivity index (χ4v) is 6.52. The maximum Gasteiger partial charge on any atom is 0.328 e. The minimum absolute atomic E-state index is 0.159. The molecule has 1 aliphatic carbocycles. The van der Waals surface area contributed by atoms with E-state index in [0.717, 1.165) is 30.5 Å². The van der Waals surface area contributed by atoms with Crippen LogP contribution in [0.25, 0.3) is 0 Å². The molecule has 0 aromatic carbocycles. The molecule has 5 heterocycles. The number of carbonyl (C=O) groups excluding carboxylic acids is 3. The summed E-state index contributed by atoms with van der Waals surface area (Å²) >= 11 is 1.32. The summed E-state index contributed by atoms with van der Waals surface area (Å²) in [6.45, 7) is 5.40. The summed E-state index contributed by atoms with van der Waals surface area (Å²) in [5.74, 6) is 1.03. The summed E-state index contributed by atoms with van der Waals surface area (Å²) in [5.41, 5.74) is 2.29. The lowest BCUT2D eigenvalue weighted by atomic mass is 10.00. The number of hydrogen-bond donors (Lipinski definition) is 3. The van der Waals surface area contributed by atoms with Gasteiger partial charge in [-0.05, 0) is 62.6 Å². The van der Waals surface area contributed by atoms with E-state index >= 15 is 0 Å². The SMILES string of the molecule is C=CC(=O)N[C@H]1CCC[C@H]1NC(=O)C1Sc2nccc3c2C1NC(=O)N3c1ccc(Oc2ccc(C)nc2)cn1. The summed E-state index contributed by atoms with van der Waals surface area (Å²) in [6, 6.07) is 7.58. The molecule has 0 spiro atoms. The number of carbonyl (C=O) groups is 3. The molecule has 3 N–H and O–H groups in total. The number of aryl methyl sites for hydroxylation is 1. The van der Waals surface area contributed by atoms with E-state index in [9.17, 15) is 14.4 Å². The van der Waals surface area contributed by atoms with Gasteiger partial charge in [0.15, 0.2) is 0 Å². The van der Waals surface area contributed by atoms with E-state index in [1.54, 1.807) is 36.8 Å². The number of aromatic nitrogens is 3. The Morgan fingerprint density at radius 2 is 1.82 bits per heavy atom. The van der Waals surface area contributed by atoms with Crippen molar-refractivity contribution in [2.45, 2.75) is 54.6 Å². The first-order chi connectivity index (χ1) is 19.4. The summed E-state index contributed by atoms with van der Waals surface area (Å²) in [6.07, 6.45) is 8.48. The van der Waals surface area contributed by atoms with Gasteiger partial charge in [-0.1, -0.05) is 18.3 Å². The molecule has 4 atom stereocenters.